The van der Waals surface area contributed by atoms with Crippen LogP contribution in [-0.2, 0) is 6.67 Å². The Bertz CT molecular complexity index is 872. The number of fused-ring (bicyclic) bond motifs is 1. The molecule has 0 saturated carbocycles. The third-order valence-electron chi connectivity index (χ3n) is 3.58. The molecule has 1 heterocycles. The first kappa shape index (κ1) is 14.9. The number of hydrogen-bond donors (Lipinski definition) is 1. The van der Waals surface area contributed by atoms with E-state index in [0.717, 1.165) is 11.4 Å². The average Bonchev–Trinajstić information content (AvgIpc) is 2.61. The van der Waals surface area contributed by atoms with E-state index in [1.54, 1.807) is 32.4 Å². The first-order valence-electron chi connectivity index (χ1n) is 7.12. The van der Waals surface area contributed by atoms with Gasteiger partial charge >= 0.3 is 0 Å². The molecular formula is C17H17N3O3. The van der Waals surface area contributed by atoms with Gasteiger partial charge in [0.2, 0.25) is 0 Å². The van der Waals surface area contributed by atoms with Crippen molar-refractivity contribution < 1.29 is 9.47 Å². The van der Waals surface area contributed by atoms with Gasteiger partial charge in [0.25, 0.3) is 5.56 Å². The second-order valence-corrected chi connectivity index (χ2v) is 4.97. The maximum absolute atomic E-state index is 12.5. The summed E-state index contributed by atoms with van der Waals surface area (Å²) in [5, 5.41) is 3.74. The van der Waals surface area contributed by atoms with Crippen LogP contribution < -0.4 is 20.3 Å². The number of benzene rings is 2. The topological polar surface area (TPSA) is 65.4 Å². The molecule has 0 fully saturated rings. The molecule has 0 saturated heterocycles. The SMILES string of the molecule is COc1ccc(NCn2cnc3cc(OC)ccc3c2=O)cc1. The largest absolute Gasteiger partial charge is 0.497 e. The van der Waals surface area contributed by atoms with Gasteiger partial charge in [-0.1, -0.05) is 0 Å². The molecule has 6 heteroatoms. The molecule has 118 valence electrons. The molecule has 6 nitrogen and oxygen atoms in total. The first-order valence-corrected chi connectivity index (χ1v) is 7.12. The minimum absolute atomic E-state index is 0.0985. The number of ether oxygens (including phenoxy) is 2. The highest BCUT2D eigenvalue weighted by molar-refractivity contribution is 5.78. The van der Waals surface area contributed by atoms with Gasteiger partial charge in [-0.25, -0.2) is 4.98 Å². The van der Waals surface area contributed by atoms with Gasteiger partial charge in [-0.2, -0.15) is 0 Å². The standard InChI is InChI=1S/C17H17N3O3/c1-22-13-5-3-12(4-6-13)18-10-20-11-19-16-9-14(23-2)7-8-15(16)17(20)21/h3-9,11,18H,10H2,1-2H3. The van der Waals surface area contributed by atoms with Crippen LogP contribution in [0.25, 0.3) is 10.9 Å². The summed E-state index contributed by atoms with van der Waals surface area (Å²) in [6, 6.07) is 12.7. The van der Waals surface area contributed by atoms with Gasteiger partial charge in [0, 0.05) is 11.8 Å². The molecule has 0 atom stereocenters. The number of nitrogens with one attached hydrogen (secondary N) is 1. The maximum atomic E-state index is 12.5. The molecule has 0 aliphatic rings. The Morgan fingerprint density at radius 3 is 2.43 bits per heavy atom. The molecule has 23 heavy (non-hydrogen) atoms. The van der Waals surface area contributed by atoms with Crippen LogP contribution in [0, 0.1) is 0 Å². The highest BCUT2D eigenvalue weighted by atomic mass is 16.5. The fraction of sp³-hybridized carbons (Fsp3) is 0.176. The van der Waals surface area contributed by atoms with Gasteiger partial charge in [-0.05, 0) is 36.4 Å². The Labute approximate surface area is 133 Å². The highest BCUT2D eigenvalue weighted by Crippen LogP contribution is 2.17. The van der Waals surface area contributed by atoms with Crippen molar-refractivity contribution in [2.75, 3.05) is 19.5 Å². The van der Waals surface area contributed by atoms with Crippen molar-refractivity contribution in [1.82, 2.24) is 9.55 Å². The lowest BCUT2D eigenvalue weighted by atomic mass is 10.2. The molecule has 0 unspecified atom stereocenters. The number of nitrogens with zero attached hydrogens (tertiary/aromatic N) is 2. The van der Waals surface area contributed by atoms with Crippen LogP contribution in [0.4, 0.5) is 5.69 Å². The molecule has 0 amide bonds. The van der Waals surface area contributed by atoms with Gasteiger partial charge in [0.05, 0.1) is 38.1 Å². The van der Waals surface area contributed by atoms with E-state index < -0.39 is 0 Å². The van der Waals surface area contributed by atoms with Crippen molar-refractivity contribution in [2.45, 2.75) is 6.67 Å². The van der Waals surface area contributed by atoms with Crippen molar-refractivity contribution in [2.24, 2.45) is 0 Å². The maximum Gasteiger partial charge on any atom is 0.262 e. The Morgan fingerprint density at radius 1 is 1.04 bits per heavy atom. The molecule has 0 radical (unpaired) electrons. The molecule has 0 aliphatic heterocycles. The third kappa shape index (κ3) is 3.11. The van der Waals surface area contributed by atoms with E-state index in [1.165, 1.54) is 10.9 Å². The number of hydrogen-bond acceptors (Lipinski definition) is 5. The summed E-state index contributed by atoms with van der Waals surface area (Å²) in [7, 11) is 3.21. The van der Waals surface area contributed by atoms with Gasteiger partial charge in [-0.3, -0.25) is 9.36 Å². The van der Waals surface area contributed by atoms with Crippen molar-refractivity contribution >= 4 is 16.6 Å². The van der Waals surface area contributed by atoms with E-state index in [9.17, 15) is 4.79 Å². The molecule has 1 aromatic heterocycles. The number of aromatic nitrogens is 2. The zero-order valence-electron chi connectivity index (χ0n) is 12.9. The van der Waals surface area contributed by atoms with Crippen molar-refractivity contribution in [3.05, 3.63) is 59.1 Å². The van der Waals surface area contributed by atoms with E-state index >= 15 is 0 Å². The van der Waals surface area contributed by atoms with E-state index in [1.807, 2.05) is 24.3 Å². The Kier molecular flexibility index (Phi) is 4.14. The smallest absolute Gasteiger partial charge is 0.262 e. The van der Waals surface area contributed by atoms with Crippen molar-refractivity contribution in [1.29, 1.82) is 0 Å². The number of methoxy groups -OCH3 is 2. The summed E-state index contributed by atoms with van der Waals surface area (Å²) in [6.45, 7) is 0.333. The van der Waals surface area contributed by atoms with Gasteiger partial charge in [-0.15, -0.1) is 0 Å². The van der Waals surface area contributed by atoms with E-state index in [-0.39, 0.29) is 5.56 Å². The van der Waals surface area contributed by atoms with Gasteiger partial charge < -0.3 is 14.8 Å². The highest BCUT2D eigenvalue weighted by Gasteiger charge is 2.05. The second kappa shape index (κ2) is 6.39. The molecule has 2 aromatic carbocycles. The quantitative estimate of drug-likeness (QED) is 0.784. The Morgan fingerprint density at radius 2 is 1.74 bits per heavy atom. The fourth-order valence-corrected chi connectivity index (χ4v) is 2.26. The summed E-state index contributed by atoms with van der Waals surface area (Å²) < 4.78 is 11.8. The van der Waals surface area contributed by atoms with Crippen LogP contribution in [0.15, 0.2) is 53.6 Å². The number of rotatable bonds is 5. The summed E-state index contributed by atoms with van der Waals surface area (Å²) >= 11 is 0. The van der Waals surface area contributed by atoms with E-state index in [2.05, 4.69) is 10.3 Å². The lowest BCUT2D eigenvalue weighted by molar-refractivity contribution is 0.415. The summed E-state index contributed by atoms with van der Waals surface area (Å²) in [6.07, 6.45) is 1.53. The lowest BCUT2D eigenvalue weighted by Gasteiger charge is -2.10. The average molecular weight is 311 g/mol. The van der Waals surface area contributed by atoms with Crippen molar-refractivity contribution in [3.8, 4) is 11.5 Å². The molecule has 3 aromatic rings. The summed E-state index contributed by atoms with van der Waals surface area (Å²) in [5.74, 6) is 1.47. The fourth-order valence-electron chi connectivity index (χ4n) is 2.26. The van der Waals surface area contributed by atoms with Crippen LogP contribution in [0.1, 0.15) is 0 Å². The summed E-state index contributed by atoms with van der Waals surface area (Å²) in [5.41, 5.74) is 1.42. The Balaban J connectivity index is 1.82. The predicted octanol–water partition coefficient (Wildman–Crippen LogP) is 2.48. The van der Waals surface area contributed by atoms with Crippen molar-refractivity contribution in [3.63, 3.8) is 0 Å². The second-order valence-electron chi connectivity index (χ2n) is 4.97. The molecule has 1 N–H and O–H groups in total. The first-order chi connectivity index (χ1) is 11.2. The van der Waals surface area contributed by atoms with E-state index in [0.29, 0.717) is 23.3 Å². The normalized spacial score (nSPS) is 10.5. The molecule has 0 bridgehead atoms. The molecule has 3 rings (SSSR count). The summed E-state index contributed by atoms with van der Waals surface area (Å²) in [4.78, 5) is 16.8. The lowest BCUT2D eigenvalue weighted by Crippen LogP contribution is -2.24. The van der Waals surface area contributed by atoms with Crippen LogP contribution in [0.5, 0.6) is 11.5 Å². The minimum Gasteiger partial charge on any atom is -0.497 e. The van der Waals surface area contributed by atoms with Crippen LogP contribution in [0.2, 0.25) is 0 Å². The van der Waals surface area contributed by atoms with Crippen LogP contribution in [-0.4, -0.2) is 23.8 Å². The number of anilines is 1. The van der Waals surface area contributed by atoms with Crippen LogP contribution >= 0.6 is 0 Å². The Hall–Kier alpha value is -3.02. The molecule has 0 aliphatic carbocycles. The predicted molar refractivity (Wildman–Crippen MR) is 89.2 cm³/mol. The zero-order valence-corrected chi connectivity index (χ0v) is 12.9. The monoisotopic (exact) mass is 311 g/mol. The minimum atomic E-state index is -0.0985. The zero-order chi connectivity index (χ0) is 16.2. The van der Waals surface area contributed by atoms with E-state index in [4.69, 9.17) is 9.47 Å². The van der Waals surface area contributed by atoms with Gasteiger partial charge in [0.1, 0.15) is 11.5 Å². The molecular weight excluding hydrogens is 294 g/mol. The van der Waals surface area contributed by atoms with Crippen LogP contribution in [0.3, 0.4) is 0 Å². The van der Waals surface area contributed by atoms with Gasteiger partial charge in [0.15, 0.2) is 0 Å². The third-order valence-corrected chi connectivity index (χ3v) is 3.58. The molecule has 0 spiro atoms.